The van der Waals surface area contributed by atoms with E-state index in [9.17, 15) is 5.26 Å². The van der Waals surface area contributed by atoms with Gasteiger partial charge in [-0.15, -0.1) is 0 Å². The summed E-state index contributed by atoms with van der Waals surface area (Å²) in [4.78, 5) is 2.47. The molecule has 33 heavy (non-hydrogen) atoms. The van der Waals surface area contributed by atoms with Crippen molar-refractivity contribution in [1.82, 2.24) is 4.90 Å². The van der Waals surface area contributed by atoms with E-state index in [2.05, 4.69) is 56.0 Å². The molecule has 2 atom stereocenters. The molecule has 0 spiro atoms. The molecule has 0 aromatic heterocycles. The molecule has 1 aliphatic rings. The lowest BCUT2D eigenvalue weighted by Gasteiger charge is -2.41. The van der Waals surface area contributed by atoms with E-state index in [1.807, 2.05) is 6.07 Å². The van der Waals surface area contributed by atoms with Gasteiger partial charge in [-0.25, -0.2) is 8.78 Å². The molecule has 0 bridgehead atoms. The Labute approximate surface area is 198 Å². The predicted molar refractivity (Wildman–Crippen MR) is 131 cm³/mol. The molecule has 0 aliphatic heterocycles. The zero-order valence-corrected chi connectivity index (χ0v) is 20.4. The summed E-state index contributed by atoms with van der Waals surface area (Å²) < 4.78 is 30.1. The van der Waals surface area contributed by atoms with Crippen LogP contribution in [-0.2, 0) is 12.0 Å². The molecule has 1 aliphatic carbocycles. The zero-order chi connectivity index (χ0) is 23.8. The molecule has 0 radical (unpaired) electrons. The Morgan fingerprint density at radius 3 is 2.18 bits per heavy atom. The minimum atomic E-state index is -1.13. The molecule has 178 valence electrons. The molecule has 0 N–H and O–H groups in total. The van der Waals surface area contributed by atoms with E-state index in [0.717, 1.165) is 51.5 Å². The Hall–Kier alpha value is -2.25. The molecular weight excluding hydrogens is 414 g/mol. The fraction of sp³-hybridized carbons (Fsp3) is 0.552. The minimum absolute atomic E-state index is 0.00610. The standard InChI is InChI=1S/C29H38F2N2/c1-4-25(33(22(2)3)20-23-12-7-5-8-13-23)18-19-29(21-32,24-14-9-6-10-15-24)28-26(30)16-11-17-27(28)31/h5,7-8,11-13,16-17,22,24-25H,4,6,9-10,14-15,18-20H2,1-3H3. The lowest BCUT2D eigenvalue weighted by atomic mass is 9.63. The van der Waals surface area contributed by atoms with Gasteiger partial charge in [0.1, 0.15) is 11.6 Å². The van der Waals surface area contributed by atoms with Crippen LogP contribution in [0.3, 0.4) is 0 Å². The van der Waals surface area contributed by atoms with E-state index in [4.69, 9.17) is 0 Å². The van der Waals surface area contributed by atoms with Gasteiger partial charge >= 0.3 is 0 Å². The van der Waals surface area contributed by atoms with Crippen LogP contribution in [0.1, 0.15) is 83.3 Å². The van der Waals surface area contributed by atoms with Crippen molar-refractivity contribution in [3.8, 4) is 6.07 Å². The van der Waals surface area contributed by atoms with Gasteiger partial charge < -0.3 is 0 Å². The number of nitriles is 1. The summed E-state index contributed by atoms with van der Waals surface area (Å²) in [7, 11) is 0. The number of nitrogens with zero attached hydrogens (tertiary/aromatic N) is 2. The van der Waals surface area contributed by atoms with Gasteiger partial charge in [-0.2, -0.15) is 5.26 Å². The lowest BCUT2D eigenvalue weighted by molar-refractivity contribution is 0.117. The van der Waals surface area contributed by atoms with Crippen molar-refractivity contribution in [3.05, 3.63) is 71.3 Å². The van der Waals surface area contributed by atoms with Crippen LogP contribution in [0.15, 0.2) is 48.5 Å². The first-order valence-electron chi connectivity index (χ1n) is 12.6. The van der Waals surface area contributed by atoms with E-state index >= 15 is 8.78 Å². The van der Waals surface area contributed by atoms with Crippen LogP contribution in [0, 0.1) is 28.9 Å². The Balaban J connectivity index is 1.92. The van der Waals surface area contributed by atoms with Gasteiger partial charge in [-0.05, 0) is 69.6 Å². The minimum Gasteiger partial charge on any atom is -0.294 e. The zero-order valence-electron chi connectivity index (χ0n) is 20.4. The van der Waals surface area contributed by atoms with Crippen molar-refractivity contribution in [1.29, 1.82) is 5.26 Å². The summed E-state index contributed by atoms with van der Waals surface area (Å²) in [5.41, 5.74) is 0.121. The van der Waals surface area contributed by atoms with Gasteiger partial charge in [0, 0.05) is 24.2 Å². The molecule has 1 saturated carbocycles. The van der Waals surface area contributed by atoms with Crippen molar-refractivity contribution in [2.24, 2.45) is 5.92 Å². The van der Waals surface area contributed by atoms with Crippen LogP contribution < -0.4 is 0 Å². The van der Waals surface area contributed by atoms with Gasteiger partial charge in [0.2, 0.25) is 0 Å². The number of halogens is 2. The maximum atomic E-state index is 15.1. The first-order chi connectivity index (χ1) is 15.9. The van der Waals surface area contributed by atoms with E-state index in [-0.39, 0.29) is 17.5 Å². The largest absolute Gasteiger partial charge is 0.294 e. The second-order valence-electron chi connectivity index (χ2n) is 9.87. The van der Waals surface area contributed by atoms with Crippen molar-refractivity contribution >= 4 is 0 Å². The molecule has 0 saturated heterocycles. The van der Waals surface area contributed by atoms with Crippen molar-refractivity contribution < 1.29 is 8.78 Å². The number of benzene rings is 2. The Kier molecular flexibility index (Phi) is 9.03. The third-order valence-corrected chi connectivity index (χ3v) is 7.59. The monoisotopic (exact) mass is 452 g/mol. The highest BCUT2D eigenvalue weighted by Crippen LogP contribution is 2.46. The van der Waals surface area contributed by atoms with Crippen LogP contribution in [0.4, 0.5) is 8.78 Å². The first-order valence-corrected chi connectivity index (χ1v) is 12.6. The van der Waals surface area contributed by atoms with E-state index in [1.165, 1.54) is 23.8 Å². The fourth-order valence-corrected chi connectivity index (χ4v) is 5.78. The molecule has 0 heterocycles. The first kappa shape index (κ1) is 25.4. The molecule has 4 heteroatoms. The van der Waals surface area contributed by atoms with Crippen LogP contribution in [0.25, 0.3) is 0 Å². The van der Waals surface area contributed by atoms with Crippen LogP contribution >= 0.6 is 0 Å². The molecule has 2 nitrogen and oxygen atoms in total. The summed E-state index contributed by atoms with van der Waals surface area (Å²) in [6.07, 6.45) is 7.03. The van der Waals surface area contributed by atoms with E-state index in [1.54, 1.807) is 0 Å². The average Bonchev–Trinajstić information content (AvgIpc) is 2.83. The van der Waals surface area contributed by atoms with Crippen LogP contribution in [-0.4, -0.2) is 17.0 Å². The molecule has 0 amide bonds. The van der Waals surface area contributed by atoms with Gasteiger partial charge in [0.25, 0.3) is 0 Å². The van der Waals surface area contributed by atoms with Gasteiger partial charge in [0.15, 0.2) is 0 Å². The summed E-state index contributed by atoms with van der Waals surface area (Å²) >= 11 is 0. The normalized spacial score (nSPS) is 17.6. The smallest absolute Gasteiger partial charge is 0.130 e. The Morgan fingerprint density at radius 1 is 1.00 bits per heavy atom. The molecule has 2 aromatic carbocycles. The van der Waals surface area contributed by atoms with E-state index < -0.39 is 17.0 Å². The van der Waals surface area contributed by atoms with E-state index in [0.29, 0.717) is 12.5 Å². The number of rotatable bonds is 10. The van der Waals surface area contributed by atoms with Crippen molar-refractivity contribution in [2.45, 2.75) is 96.2 Å². The van der Waals surface area contributed by atoms with Crippen molar-refractivity contribution in [3.63, 3.8) is 0 Å². The number of hydrogen-bond acceptors (Lipinski definition) is 2. The molecule has 2 aromatic rings. The molecule has 3 rings (SSSR count). The summed E-state index contributed by atoms with van der Waals surface area (Å²) in [5.74, 6) is -1.18. The summed E-state index contributed by atoms with van der Waals surface area (Å²) in [5, 5.41) is 10.5. The summed E-state index contributed by atoms with van der Waals surface area (Å²) in [6.45, 7) is 7.39. The fourth-order valence-electron chi connectivity index (χ4n) is 5.78. The molecule has 2 unspecified atom stereocenters. The second-order valence-corrected chi connectivity index (χ2v) is 9.87. The Morgan fingerprint density at radius 2 is 1.64 bits per heavy atom. The van der Waals surface area contributed by atoms with Crippen LogP contribution in [0.5, 0.6) is 0 Å². The maximum Gasteiger partial charge on any atom is 0.130 e. The highest BCUT2D eigenvalue weighted by molar-refractivity contribution is 5.36. The Bertz CT molecular complexity index is 895. The second kappa shape index (κ2) is 11.7. The topological polar surface area (TPSA) is 27.0 Å². The summed E-state index contributed by atoms with van der Waals surface area (Å²) in [6, 6.07) is 17.5. The lowest BCUT2D eigenvalue weighted by Crippen LogP contribution is -2.43. The highest BCUT2D eigenvalue weighted by Gasteiger charge is 2.45. The molecule has 1 fully saturated rings. The maximum absolute atomic E-state index is 15.1. The average molecular weight is 453 g/mol. The quantitative estimate of drug-likeness (QED) is 0.368. The highest BCUT2D eigenvalue weighted by atomic mass is 19.1. The third-order valence-electron chi connectivity index (χ3n) is 7.59. The number of hydrogen-bond donors (Lipinski definition) is 0. The third kappa shape index (κ3) is 5.82. The van der Waals surface area contributed by atoms with Gasteiger partial charge in [-0.1, -0.05) is 62.6 Å². The molecular formula is C29H38F2N2. The predicted octanol–water partition coefficient (Wildman–Crippen LogP) is 7.78. The van der Waals surface area contributed by atoms with Gasteiger partial charge in [-0.3, -0.25) is 4.90 Å². The SMILES string of the molecule is CCC(CCC(C#N)(c1c(F)cccc1F)C1CCCCC1)N(Cc1ccccc1)C(C)C. The van der Waals surface area contributed by atoms with Crippen LogP contribution in [0.2, 0.25) is 0 Å². The van der Waals surface area contributed by atoms with Crippen molar-refractivity contribution in [2.75, 3.05) is 0 Å². The van der Waals surface area contributed by atoms with Gasteiger partial charge in [0.05, 0.1) is 11.5 Å².